The van der Waals surface area contributed by atoms with Crippen molar-refractivity contribution in [1.29, 1.82) is 0 Å². The average Bonchev–Trinajstić information content (AvgIpc) is 2.77. The van der Waals surface area contributed by atoms with Gasteiger partial charge in [-0.05, 0) is 84.8 Å². The van der Waals surface area contributed by atoms with E-state index >= 15 is 0 Å². The lowest BCUT2D eigenvalue weighted by atomic mass is 10.1. The predicted molar refractivity (Wildman–Crippen MR) is 136 cm³/mol. The van der Waals surface area contributed by atoms with Crippen molar-refractivity contribution in [2.24, 2.45) is 5.10 Å². The molecule has 0 aromatic heterocycles. The van der Waals surface area contributed by atoms with Gasteiger partial charge in [0.15, 0.2) is 0 Å². The van der Waals surface area contributed by atoms with Gasteiger partial charge in [0.1, 0.15) is 6.54 Å². The molecule has 3 rings (SSSR count). The summed E-state index contributed by atoms with van der Waals surface area (Å²) in [6, 6.07) is 21.4. The molecule has 0 fully saturated rings. The zero-order valence-electron chi connectivity index (χ0n) is 18.0. The number of benzene rings is 3. The second-order valence-corrected chi connectivity index (χ2v) is 10.5. The minimum absolute atomic E-state index is 0.123. The maximum Gasteiger partial charge on any atom is 0.264 e. The van der Waals surface area contributed by atoms with Gasteiger partial charge in [-0.3, -0.25) is 9.10 Å². The summed E-state index contributed by atoms with van der Waals surface area (Å²) in [4.78, 5) is 12.9. The number of para-hydroxylation sites is 1. The summed E-state index contributed by atoms with van der Waals surface area (Å²) >= 11 is 2.21. The van der Waals surface area contributed by atoms with Gasteiger partial charge in [-0.1, -0.05) is 48.0 Å². The highest BCUT2D eigenvalue weighted by Crippen LogP contribution is 2.26. The fraction of sp³-hybridized carbons (Fsp3) is 0.167. The Balaban J connectivity index is 1.88. The normalized spacial score (nSPS) is 11.8. The van der Waals surface area contributed by atoms with Crippen LogP contribution in [0.15, 0.2) is 82.8 Å². The van der Waals surface area contributed by atoms with Gasteiger partial charge in [0.2, 0.25) is 0 Å². The number of rotatable bonds is 7. The van der Waals surface area contributed by atoms with Crippen molar-refractivity contribution in [3.8, 4) is 0 Å². The molecule has 0 aliphatic carbocycles. The molecule has 0 aliphatic heterocycles. The third kappa shape index (κ3) is 5.74. The van der Waals surface area contributed by atoms with Crippen LogP contribution in [0.5, 0.6) is 0 Å². The van der Waals surface area contributed by atoms with Gasteiger partial charge in [0.25, 0.3) is 15.9 Å². The molecule has 0 spiro atoms. The molecule has 0 bridgehead atoms. The van der Waals surface area contributed by atoms with Crippen LogP contribution in [0.3, 0.4) is 0 Å². The molecular weight excluding hydrogens is 537 g/mol. The lowest BCUT2D eigenvalue weighted by Gasteiger charge is -2.25. The highest BCUT2D eigenvalue weighted by atomic mass is 127. The third-order valence-corrected chi connectivity index (χ3v) is 7.38. The van der Waals surface area contributed by atoms with E-state index in [1.807, 2.05) is 50.2 Å². The molecule has 3 aromatic carbocycles. The molecule has 0 saturated heterocycles. The zero-order valence-corrected chi connectivity index (χ0v) is 21.0. The minimum atomic E-state index is -3.96. The number of nitrogens with one attached hydrogen (secondary N) is 1. The fourth-order valence-electron chi connectivity index (χ4n) is 3.05. The van der Waals surface area contributed by atoms with Crippen LogP contribution < -0.4 is 9.73 Å². The quantitative estimate of drug-likeness (QED) is 0.259. The molecule has 1 amide bonds. The van der Waals surface area contributed by atoms with Gasteiger partial charge in [0, 0.05) is 3.57 Å². The molecule has 0 atom stereocenters. The number of amides is 1. The smallest absolute Gasteiger partial charge is 0.264 e. The van der Waals surface area contributed by atoms with Gasteiger partial charge in [-0.25, -0.2) is 13.8 Å². The van der Waals surface area contributed by atoms with Crippen molar-refractivity contribution in [3.05, 3.63) is 93.1 Å². The molecule has 0 unspecified atom stereocenters. The summed E-state index contributed by atoms with van der Waals surface area (Å²) in [6.45, 7) is 5.08. The first kappa shape index (κ1) is 23.9. The molecule has 166 valence electrons. The van der Waals surface area contributed by atoms with Crippen molar-refractivity contribution in [1.82, 2.24) is 5.43 Å². The van der Waals surface area contributed by atoms with Crippen LogP contribution in [0.1, 0.15) is 23.6 Å². The Hall–Kier alpha value is -2.72. The molecule has 0 heterocycles. The maximum absolute atomic E-state index is 13.4. The van der Waals surface area contributed by atoms with Crippen molar-refractivity contribution in [2.75, 3.05) is 10.8 Å². The number of aryl methyl sites for hydroxylation is 2. The Morgan fingerprint density at radius 1 is 0.969 bits per heavy atom. The van der Waals surface area contributed by atoms with E-state index in [2.05, 4.69) is 33.1 Å². The van der Waals surface area contributed by atoms with Gasteiger partial charge >= 0.3 is 0 Å². The first-order chi connectivity index (χ1) is 15.2. The Kier molecular flexibility index (Phi) is 7.68. The second kappa shape index (κ2) is 10.3. The lowest BCUT2D eigenvalue weighted by molar-refractivity contribution is -0.119. The summed E-state index contributed by atoms with van der Waals surface area (Å²) < 4.78 is 29.1. The number of halogens is 1. The number of anilines is 1. The first-order valence-corrected chi connectivity index (χ1v) is 12.4. The van der Waals surface area contributed by atoms with Gasteiger partial charge in [0.05, 0.1) is 16.3 Å². The number of carbonyl (C=O) groups is 1. The minimum Gasteiger partial charge on any atom is -0.271 e. The van der Waals surface area contributed by atoms with Crippen molar-refractivity contribution >= 4 is 49.9 Å². The van der Waals surface area contributed by atoms with E-state index in [1.165, 1.54) is 0 Å². The SMILES string of the molecule is C/C(=N/NC(=O)CN(c1ccccc1C)S(=O)(=O)c1ccc(C)cc1)c1ccc(I)cc1. The van der Waals surface area contributed by atoms with Crippen molar-refractivity contribution in [3.63, 3.8) is 0 Å². The molecule has 1 N–H and O–H groups in total. The second-order valence-electron chi connectivity index (χ2n) is 7.35. The molecule has 3 aromatic rings. The molecule has 8 heteroatoms. The summed E-state index contributed by atoms with van der Waals surface area (Å²) in [5.74, 6) is -0.534. The molecule has 6 nitrogen and oxygen atoms in total. The number of carbonyl (C=O) groups excluding carboxylic acids is 1. The predicted octanol–water partition coefficient (Wildman–Crippen LogP) is 4.64. The molecule has 0 radical (unpaired) electrons. The van der Waals surface area contributed by atoms with E-state index in [-0.39, 0.29) is 4.90 Å². The largest absolute Gasteiger partial charge is 0.271 e. The Morgan fingerprint density at radius 3 is 2.22 bits per heavy atom. The van der Waals surface area contributed by atoms with Gasteiger partial charge < -0.3 is 0 Å². The van der Waals surface area contributed by atoms with Crippen molar-refractivity contribution < 1.29 is 13.2 Å². The van der Waals surface area contributed by atoms with Gasteiger partial charge in [-0.15, -0.1) is 0 Å². The number of hydrogen-bond donors (Lipinski definition) is 1. The average molecular weight is 561 g/mol. The summed E-state index contributed by atoms with van der Waals surface area (Å²) in [5.41, 5.74) is 6.12. The Labute approximate surface area is 202 Å². The van der Waals surface area contributed by atoms with Crippen LogP contribution in [-0.2, 0) is 14.8 Å². The monoisotopic (exact) mass is 561 g/mol. The van der Waals surface area contributed by atoms with E-state index in [0.717, 1.165) is 24.6 Å². The number of nitrogens with zero attached hydrogens (tertiary/aromatic N) is 2. The van der Waals surface area contributed by atoms with E-state index in [4.69, 9.17) is 0 Å². The topological polar surface area (TPSA) is 78.8 Å². The van der Waals surface area contributed by atoms with Gasteiger partial charge in [-0.2, -0.15) is 5.10 Å². The molecule has 0 saturated carbocycles. The summed E-state index contributed by atoms with van der Waals surface area (Å²) in [5, 5.41) is 4.15. The first-order valence-electron chi connectivity index (χ1n) is 9.92. The summed E-state index contributed by atoms with van der Waals surface area (Å²) in [7, 11) is -3.96. The van der Waals surface area contributed by atoms with Crippen LogP contribution in [0, 0.1) is 17.4 Å². The lowest BCUT2D eigenvalue weighted by Crippen LogP contribution is -2.40. The maximum atomic E-state index is 13.4. The number of hydrogen-bond acceptors (Lipinski definition) is 4. The Morgan fingerprint density at radius 2 is 1.59 bits per heavy atom. The zero-order chi connectivity index (χ0) is 23.3. The molecule has 0 aliphatic rings. The highest BCUT2D eigenvalue weighted by molar-refractivity contribution is 14.1. The number of sulfonamides is 1. The van der Waals surface area contributed by atoms with Crippen LogP contribution in [0.4, 0.5) is 5.69 Å². The van der Waals surface area contributed by atoms with E-state index in [1.54, 1.807) is 43.3 Å². The third-order valence-electron chi connectivity index (χ3n) is 4.89. The highest BCUT2D eigenvalue weighted by Gasteiger charge is 2.28. The van der Waals surface area contributed by atoms with Crippen LogP contribution in [0.25, 0.3) is 0 Å². The Bertz CT molecular complexity index is 1240. The standard InChI is InChI=1S/C24H24IN3O3S/c1-17-8-14-22(15-9-17)32(30,31)28(23-7-5-4-6-18(23)2)16-24(29)27-26-19(3)20-10-12-21(25)13-11-20/h4-15H,16H2,1-3H3,(H,27,29)/b26-19-. The van der Waals surface area contributed by atoms with Crippen LogP contribution in [0.2, 0.25) is 0 Å². The molecule has 32 heavy (non-hydrogen) atoms. The summed E-state index contributed by atoms with van der Waals surface area (Å²) in [6.07, 6.45) is 0. The van der Waals surface area contributed by atoms with Crippen LogP contribution in [-0.4, -0.2) is 26.6 Å². The van der Waals surface area contributed by atoms with E-state index in [0.29, 0.717) is 11.4 Å². The van der Waals surface area contributed by atoms with E-state index < -0.39 is 22.5 Å². The van der Waals surface area contributed by atoms with Crippen LogP contribution >= 0.6 is 22.6 Å². The molecular formula is C24H24IN3O3S. The number of hydrazone groups is 1. The van der Waals surface area contributed by atoms with E-state index in [9.17, 15) is 13.2 Å². The fourth-order valence-corrected chi connectivity index (χ4v) is 4.89. The van der Waals surface area contributed by atoms with Crippen molar-refractivity contribution in [2.45, 2.75) is 25.7 Å².